The summed E-state index contributed by atoms with van der Waals surface area (Å²) in [4.78, 5) is 11.9. The van der Waals surface area contributed by atoms with Crippen LogP contribution in [0, 0.1) is 0 Å². The molecule has 76 valence electrons. The van der Waals surface area contributed by atoms with E-state index in [9.17, 15) is 4.79 Å². The lowest BCUT2D eigenvalue weighted by atomic mass is 10.1. The fourth-order valence-electron chi connectivity index (χ4n) is 1.31. The van der Waals surface area contributed by atoms with Crippen LogP contribution in [-0.2, 0) is 0 Å². The molecule has 2 heteroatoms. The molecule has 1 rings (SSSR count). The number of hydrogen-bond donors (Lipinski definition) is 0. The zero-order chi connectivity index (χ0) is 10.6. The Kier molecular flexibility index (Phi) is 4.21. The van der Waals surface area contributed by atoms with E-state index in [4.69, 9.17) is 0 Å². The second kappa shape index (κ2) is 5.20. The zero-order valence-electron chi connectivity index (χ0n) is 8.86. The number of hydrogen-bond acceptors (Lipinski definition) is 2. The molecule has 0 aromatic heterocycles. The molecule has 14 heavy (non-hydrogen) atoms. The highest BCUT2D eigenvalue weighted by Crippen LogP contribution is 2.20. The Bertz CT molecular complexity index is 292. The van der Waals surface area contributed by atoms with Gasteiger partial charge in [0.05, 0.1) is 5.25 Å². The Morgan fingerprint density at radius 1 is 1.14 bits per heavy atom. The normalized spacial score (nSPS) is 12.9. The van der Waals surface area contributed by atoms with Gasteiger partial charge in [0, 0.05) is 5.56 Å². The molecule has 0 aliphatic rings. The highest BCUT2D eigenvalue weighted by Gasteiger charge is 2.16. The lowest BCUT2D eigenvalue weighted by Crippen LogP contribution is -2.15. The van der Waals surface area contributed by atoms with Crippen molar-refractivity contribution in [2.75, 3.05) is 0 Å². The standard InChI is InChI=1S/C12H16OS/c1-9(2)14-10(3)12(13)11-7-5-4-6-8-11/h4-10H,1-3H3. The van der Waals surface area contributed by atoms with E-state index >= 15 is 0 Å². The summed E-state index contributed by atoms with van der Waals surface area (Å²) < 4.78 is 0. The molecule has 1 aromatic carbocycles. The first-order valence-corrected chi connectivity index (χ1v) is 5.80. The minimum atomic E-state index is 0.0531. The molecular weight excluding hydrogens is 192 g/mol. The van der Waals surface area contributed by atoms with Gasteiger partial charge in [-0.25, -0.2) is 0 Å². The molecule has 0 saturated carbocycles. The molecule has 0 saturated heterocycles. The van der Waals surface area contributed by atoms with Gasteiger partial charge in [-0.15, -0.1) is 11.8 Å². The average molecular weight is 208 g/mol. The number of Topliss-reactive ketones (excluding diaryl/α,β-unsaturated/α-hetero) is 1. The summed E-state index contributed by atoms with van der Waals surface area (Å²) in [7, 11) is 0. The molecule has 1 nitrogen and oxygen atoms in total. The van der Waals surface area contributed by atoms with Gasteiger partial charge in [0.25, 0.3) is 0 Å². The van der Waals surface area contributed by atoms with Crippen LogP contribution < -0.4 is 0 Å². The molecule has 0 aliphatic heterocycles. The summed E-state index contributed by atoms with van der Waals surface area (Å²) in [5.41, 5.74) is 0.813. The third-order valence-electron chi connectivity index (χ3n) is 1.90. The van der Waals surface area contributed by atoms with Crippen molar-refractivity contribution < 1.29 is 4.79 Å². The predicted molar refractivity (Wildman–Crippen MR) is 63.0 cm³/mol. The Morgan fingerprint density at radius 2 is 1.71 bits per heavy atom. The third-order valence-corrected chi connectivity index (χ3v) is 3.07. The zero-order valence-corrected chi connectivity index (χ0v) is 9.67. The molecule has 1 unspecified atom stereocenters. The lowest BCUT2D eigenvalue weighted by molar-refractivity contribution is 0.0994. The molecule has 0 amide bonds. The van der Waals surface area contributed by atoms with Crippen molar-refractivity contribution in [1.82, 2.24) is 0 Å². The lowest BCUT2D eigenvalue weighted by Gasteiger charge is -2.12. The summed E-state index contributed by atoms with van der Waals surface area (Å²) in [5.74, 6) is 0.226. The van der Waals surface area contributed by atoms with Crippen molar-refractivity contribution in [2.45, 2.75) is 31.3 Å². The molecule has 0 heterocycles. The first kappa shape index (κ1) is 11.3. The molecular formula is C12H16OS. The van der Waals surface area contributed by atoms with Crippen LogP contribution >= 0.6 is 11.8 Å². The van der Waals surface area contributed by atoms with E-state index in [0.717, 1.165) is 5.56 Å². The SMILES string of the molecule is CC(C)SC(C)C(=O)c1ccccc1. The number of thioether (sulfide) groups is 1. The summed E-state index contributed by atoms with van der Waals surface area (Å²) in [5, 5.41) is 0.551. The molecule has 0 fully saturated rings. The second-order valence-electron chi connectivity index (χ2n) is 3.56. The molecule has 0 aliphatic carbocycles. The van der Waals surface area contributed by atoms with Crippen LogP contribution in [0.25, 0.3) is 0 Å². The maximum Gasteiger partial charge on any atom is 0.175 e. The Labute approximate surface area is 89.9 Å². The number of carbonyl (C=O) groups excluding carboxylic acids is 1. The van der Waals surface area contributed by atoms with Crippen molar-refractivity contribution in [1.29, 1.82) is 0 Å². The molecule has 1 atom stereocenters. The summed E-state index contributed by atoms with van der Waals surface area (Å²) >= 11 is 1.71. The van der Waals surface area contributed by atoms with E-state index in [0.29, 0.717) is 5.25 Å². The Hall–Kier alpha value is -0.760. The average Bonchev–Trinajstić information content (AvgIpc) is 2.17. The van der Waals surface area contributed by atoms with Crippen LogP contribution in [0.3, 0.4) is 0 Å². The molecule has 1 aromatic rings. The summed E-state index contributed by atoms with van der Waals surface area (Å²) in [6, 6.07) is 9.48. The van der Waals surface area contributed by atoms with E-state index in [1.165, 1.54) is 0 Å². The molecule has 0 radical (unpaired) electrons. The first-order chi connectivity index (χ1) is 6.61. The van der Waals surface area contributed by atoms with Crippen molar-refractivity contribution in [2.24, 2.45) is 0 Å². The fraction of sp³-hybridized carbons (Fsp3) is 0.417. The molecule has 0 bridgehead atoms. The summed E-state index contributed by atoms with van der Waals surface area (Å²) in [6.07, 6.45) is 0. The van der Waals surface area contributed by atoms with E-state index in [1.807, 2.05) is 37.3 Å². The van der Waals surface area contributed by atoms with Gasteiger partial charge in [-0.3, -0.25) is 4.79 Å². The van der Waals surface area contributed by atoms with Gasteiger partial charge in [0.15, 0.2) is 5.78 Å². The number of benzene rings is 1. The maximum absolute atomic E-state index is 11.9. The minimum absolute atomic E-state index is 0.0531. The number of ketones is 1. The maximum atomic E-state index is 11.9. The van der Waals surface area contributed by atoms with Crippen LogP contribution in [0.5, 0.6) is 0 Å². The topological polar surface area (TPSA) is 17.1 Å². The summed E-state index contributed by atoms with van der Waals surface area (Å²) in [6.45, 7) is 6.19. The van der Waals surface area contributed by atoms with Gasteiger partial charge in [0.1, 0.15) is 0 Å². The molecule has 0 spiro atoms. The largest absolute Gasteiger partial charge is 0.293 e. The minimum Gasteiger partial charge on any atom is -0.293 e. The van der Waals surface area contributed by atoms with Gasteiger partial charge >= 0.3 is 0 Å². The van der Waals surface area contributed by atoms with Crippen molar-refractivity contribution in [3.63, 3.8) is 0 Å². The highest BCUT2D eigenvalue weighted by molar-refractivity contribution is 8.01. The van der Waals surface area contributed by atoms with Crippen LogP contribution in [-0.4, -0.2) is 16.3 Å². The van der Waals surface area contributed by atoms with Crippen LogP contribution in [0.15, 0.2) is 30.3 Å². The smallest absolute Gasteiger partial charge is 0.175 e. The number of carbonyl (C=O) groups is 1. The van der Waals surface area contributed by atoms with E-state index in [-0.39, 0.29) is 11.0 Å². The van der Waals surface area contributed by atoms with Gasteiger partial charge in [0.2, 0.25) is 0 Å². The first-order valence-electron chi connectivity index (χ1n) is 4.86. The van der Waals surface area contributed by atoms with E-state index in [2.05, 4.69) is 13.8 Å². The van der Waals surface area contributed by atoms with Crippen molar-refractivity contribution in [3.8, 4) is 0 Å². The van der Waals surface area contributed by atoms with Crippen molar-refractivity contribution in [3.05, 3.63) is 35.9 Å². The predicted octanol–water partition coefficient (Wildman–Crippen LogP) is 3.40. The van der Waals surface area contributed by atoms with E-state index in [1.54, 1.807) is 11.8 Å². The van der Waals surface area contributed by atoms with Crippen LogP contribution in [0.1, 0.15) is 31.1 Å². The highest BCUT2D eigenvalue weighted by atomic mass is 32.2. The molecule has 0 N–H and O–H groups in total. The van der Waals surface area contributed by atoms with Crippen LogP contribution in [0.2, 0.25) is 0 Å². The number of rotatable bonds is 4. The monoisotopic (exact) mass is 208 g/mol. The van der Waals surface area contributed by atoms with Crippen molar-refractivity contribution >= 4 is 17.5 Å². The Morgan fingerprint density at radius 3 is 2.21 bits per heavy atom. The van der Waals surface area contributed by atoms with Crippen LogP contribution in [0.4, 0.5) is 0 Å². The van der Waals surface area contributed by atoms with Gasteiger partial charge in [-0.2, -0.15) is 0 Å². The van der Waals surface area contributed by atoms with Gasteiger partial charge in [-0.05, 0) is 12.2 Å². The second-order valence-corrected chi connectivity index (χ2v) is 5.48. The van der Waals surface area contributed by atoms with E-state index < -0.39 is 0 Å². The third kappa shape index (κ3) is 3.18. The quantitative estimate of drug-likeness (QED) is 0.705. The van der Waals surface area contributed by atoms with Gasteiger partial charge < -0.3 is 0 Å². The fourth-order valence-corrected chi connectivity index (χ4v) is 2.38. The Balaban J connectivity index is 2.66. The van der Waals surface area contributed by atoms with Gasteiger partial charge in [-0.1, -0.05) is 44.2 Å².